The van der Waals surface area contributed by atoms with E-state index in [1.165, 1.54) is 17.8 Å². The fourth-order valence-corrected chi connectivity index (χ4v) is 3.77. The van der Waals surface area contributed by atoms with Gasteiger partial charge in [-0.05, 0) is 44.4 Å². The Morgan fingerprint density at radius 3 is 2.59 bits per heavy atom. The van der Waals surface area contributed by atoms with Gasteiger partial charge in [-0.1, -0.05) is 13.8 Å². The Labute approximate surface area is 109 Å². The van der Waals surface area contributed by atoms with Crippen molar-refractivity contribution >= 4 is 11.3 Å². The first-order valence-corrected chi connectivity index (χ1v) is 7.56. The molecule has 1 fully saturated rings. The monoisotopic (exact) mass is 252 g/mol. The summed E-state index contributed by atoms with van der Waals surface area (Å²) >= 11 is 1.76. The van der Waals surface area contributed by atoms with E-state index in [-0.39, 0.29) is 5.54 Å². The van der Waals surface area contributed by atoms with Crippen molar-refractivity contribution in [2.24, 2.45) is 17.6 Å². The van der Waals surface area contributed by atoms with Crippen LogP contribution in [0.15, 0.2) is 5.38 Å². The Morgan fingerprint density at radius 2 is 2.12 bits per heavy atom. The highest BCUT2D eigenvalue weighted by molar-refractivity contribution is 7.09. The molecule has 1 aromatic heterocycles. The third-order valence-corrected chi connectivity index (χ3v) is 5.11. The van der Waals surface area contributed by atoms with E-state index >= 15 is 0 Å². The van der Waals surface area contributed by atoms with Gasteiger partial charge < -0.3 is 5.73 Å². The molecule has 0 unspecified atom stereocenters. The lowest BCUT2D eigenvalue weighted by atomic mass is 9.72. The summed E-state index contributed by atoms with van der Waals surface area (Å²) in [5.74, 6) is 1.69. The van der Waals surface area contributed by atoms with Crippen LogP contribution in [0.4, 0.5) is 0 Å². The second-order valence-electron chi connectivity index (χ2n) is 6.00. The fourth-order valence-electron chi connectivity index (χ4n) is 2.84. The van der Waals surface area contributed by atoms with Crippen molar-refractivity contribution in [1.82, 2.24) is 4.98 Å². The lowest BCUT2D eigenvalue weighted by Crippen LogP contribution is -2.45. The van der Waals surface area contributed by atoms with E-state index in [9.17, 15) is 0 Å². The van der Waals surface area contributed by atoms with E-state index in [1.54, 1.807) is 11.3 Å². The molecular formula is C14H24N2S. The van der Waals surface area contributed by atoms with Crippen molar-refractivity contribution in [3.05, 3.63) is 16.1 Å². The third-order valence-electron chi connectivity index (χ3n) is 4.14. The molecule has 2 nitrogen and oxygen atoms in total. The fraction of sp³-hybridized carbons (Fsp3) is 0.786. The van der Waals surface area contributed by atoms with E-state index < -0.39 is 0 Å². The van der Waals surface area contributed by atoms with Gasteiger partial charge in [0.25, 0.3) is 0 Å². The van der Waals surface area contributed by atoms with Crippen LogP contribution in [0.3, 0.4) is 0 Å². The normalized spacial score (nSPS) is 29.8. The van der Waals surface area contributed by atoms with Crippen molar-refractivity contribution in [2.75, 3.05) is 0 Å². The zero-order valence-corrected chi connectivity index (χ0v) is 12.0. The minimum atomic E-state index is 0.00961. The number of nitrogens with two attached hydrogens (primary N) is 1. The largest absolute Gasteiger partial charge is 0.325 e. The summed E-state index contributed by atoms with van der Waals surface area (Å²) in [6.45, 7) is 6.72. The van der Waals surface area contributed by atoms with Crippen LogP contribution in [0.1, 0.15) is 50.2 Å². The number of hydrogen-bond donors (Lipinski definition) is 1. The first kappa shape index (κ1) is 13.0. The summed E-state index contributed by atoms with van der Waals surface area (Å²) in [5, 5.41) is 3.34. The number of thiazole rings is 1. The van der Waals surface area contributed by atoms with Crippen LogP contribution >= 0.6 is 11.3 Å². The summed E-state index contributed by atoms with van der Waals surface area (Å²) in [4.78, 5) is 4.54. The zero-order chi connectivity index (χ0) is 12.5. The molecule has 1 saturated carbocycles. The first-order valence-electron chi connectivity index (χ1n) is 6.68. The molecule has 0 amide bonds. The van der Waals surface area contributed by atoms with Crippen molar-refractivity contribution in [3.8, 4) is 0 Å². The molecule has 0 radical (unpaired) electrons. The van der Waals surface area contributed by atoms with Crippen LogP contribution in [-0.2, 0) is 6.42 Å². The van der Waals surface area contributed by atoms with Gasteiger partial charge in [-0.2, -0.15) is 0 Å². The minimum absolute atomic E-state index is 0.00961. The number of aromatic nitrogens is 1. The molecule has 2 rings (SSSR count). The van der Waals surface area contributed by atoms with Gasteiger partial charge in [0.1, 0.15) is 0 Å². The summed E-state index contributed by atoms with van der Waals surface area (Å²) in [6, 6.07) is 0. The zero-order valence-electron chi connectivity index (χ0n) is 11.2. The van der Waals surface area contributed by atoms with Gasteiger partial charge in [-0.15, -0.1) is 11.3 Å². The average Bonchev–Trinajstić information content (AvgIpc) is 2.63. The van der Waals surface area contributed by atoms with Gasteiger partial charge in [0.15, 0.2) is 0 Å². The predicted molar refractivity (Wildman–Crippen MR) is 74.3 cm³/mol. The van der Waals surface area contributed by atoms with Crippen LogP contribution < -0.4 is 5.73 Å². The lowest BCUT2D eigenvalue weighted by Gasteiger charge is -2.38. The van der Waals surface area contributed by atoms with E-state index in [0.29, 0.717) is 0 Å². The molecule has 1 heterocycles. The molecule has 1 aromatic rings. The van der Waals surface area contributed by atoms with Crippen LogP contribution in [0.2, 0.25) is 0 Å². The molecule has 1 aliphatic carbocycles. The second kappa shape index (κ2) is 5.07. The Bertz CT molecular complexity index is 362. The summed E-state index contributed by atoms with van der Waals surface area (Å²) < 4.78 is 0. The lowest BCUT2D eigenvalue weighted by molar-refractivity contribution is 0.194. The molecule has 17 heavy (non-hydrogen) atoms. The van der Waals surface area contributed by atoms with Gasteiger partial charge >= 0.3 is 0 Å². The van der Waals surface area contributed by atoms with E-state index in [0.717, 1.165) is 36.8 Å². The molecule has 0 bridgehead atoms. The first-order chi connectivity index (χ1) is 7.98. The molecule has 3 heteroatoms. The highest BCUT2D eigenvalue weighted by Crippen LogP contribution is 2.36. The average molecular weight is 252 g/mol. The number of hydrogen-bond acceptors (Lipinski definition) is 3. The summed E-state index contributed by atoms with van der Waals surface area (Å²) in [5.41, 5.74) is 7.67. The van der Waals surface area contributed by atoms with Crippen LogP contribution in [-0.4, -0.2) is 10.5 Å². The van der Waals surface area contributed by atoms with Crippen LogP contribution in [0, 0.1) is 18.8 Å². The van der Waals surface area contributed by atoms with Crippen molar-refractivity contribution < 1.29 is 0 Å². The van der Waals surface area contributed by atoms with Gasteiger partial charge in [-0.25, -0.2) is 4.98 Å². The van der Waals surface area contributed by atoms with E-state index in [2.05, 4.69) is 31.1 Å². The standard InChI is InChI=1S/C14H24N2S/c1-10(2)12-4-6-14(15,7-5-12)8-13-16-11(3)9-17-13/h9-10,12H,4-8,15H2,1-3H3. The smallest absolute Gasteiger partial charge is 0.0946 e. The molecular weight excluding hydrogens is 228 g/mol. The third kappa shape index (κ3) is 3.29. The molecule has 0 aliphatic heterocycles. The minimum Gasteiger partial charge on any atom is -0.325 e. The molecule has 2 N–H and O–H groups in total. The van der Waals surface area contributed by atoms with Gasteiger partial charge in [0, 0.05) is 23.0 Å². The highest BCUT2D eigenvalue weighted by Gasteiger charge is 2.33. The topological polar surface area (TPSA) is 38.9 Å². The molecule has 1 aliphatic rings. The quantitative estimate of drug-likeness (QED) is 0.893. The van der Waals surface area contributed by atoms with E-state index in [1.807, 2.05) is 0 Å². The maximum Gasteiger partial charge on any atom is 0.0946 e. The van der Waals surface area contributed by atoms with Crippen molar-refractivity contribution in [2.45, 2.75) is 58.4 Å². The Kier molecular flexibility index (Phi) is 3.88. The molecule has 96 valence electrons. The molecule has 0 saturated heterocycles. The Morgan fingerprint density at radius 1 is 1.47 bits per heavy atom. The summed E-state index contributed by atoms with van der Waals surface area (Å²) in [7, 11) is 0. The number of rotatable bonds is 3. The van der Waals surface area contributed by atoms with Gasteiger partial charge in [-0.3, -0.25) is 0 Å². The predicted octanol–water partition coefficient (Wildman–Crippen LogP) is 3.54. The van der Waals surface area contributed by atoms with Crippen LogP contribution in [0.25, 0.3) is 0 Å². The van der Waals surface area contributed by atoms with Gasteiger partial charge in [0.2, 0.25) is 0 Å². The van der Waals surface area contributed by atoms with Crippen LogP contribution in [0.5, 0.6) is 0 Å². The van der Waals surface area contributed by atoms with Crippen molar-refractivity contribution in [1.29, 1.82) is 0 Å². The number of aryl methyl sites for hydroxylation is 1. The maximum absolute atomic E-state index is 6.53. The molecule has 0 atom stereocenters. The number of nitrogens with zero attached hydrogens (tertiary/aromatic N) is 1. The molecule has 0 aromatic carbocycles. The Hall–Kier alpha value is -0.410. The second-order valence-corrected chi connectivity index (χ2v) is 6.95. The van der Waals surface area contributed by atoms with Crippen molar-refractivity contribution in [3.63, 3.8) is 0 Å². The SMILES string of the molecule is Cc1csc(CC2(N)CCC(C(C)C)CC2)n1. The van der Waals surface area contributed by atoms with E-state index in [4.69, 9.17) is 5.73 Å². The maximum atomic E-state index is 6.53. The highest BCUT2D eigenvalue weighted by atomic mass is 32.1. The summed E-state index contributed by atoms with van der Waals surface area (Å²) in [6.07, 6.45) is 5.87. The van der Waals surface area contributed by atoms with Gasteiger partial charge in [0.05, 0.1) is 5.01 Å². The Balaban J connectivity index is 1.93. The molecule has 0 spiro atoms.